The van der Waals surface area contributed by atoms with E-state index < -0.39 is 27.0 Å². The van der Waals surface area contributed by atoms with Crippen molar-refractivity contribution in [1.29, 1.82) is 0 Å². The Morgan fingerprint density at radius 3 is 2.67 bits per heavy atom. The molecule has 114 valence electrons. The minimum Gasteiger partial charge on any atom is -0.480 e. The van der Waals surface area contributed by atoms with Gasteiger partial charge in [0.2, 0.25) is 10.0 Å². The Morgan fingerprint density at radius 1 is 1.48 bits per heavy atom. The molecule has 0 saturated carbocycles. The zero-order chi connectivity index (χ0) is 15.8. The molecular weight excluding hydrogens is 300 g/mol. The third kappa shape index (κ3) is 2.74. The summed E-state index contributed by atoms with van der Waals surface area (Å²) >= 11 is 0. The van der Waals surface area contributed by atoms with E-state index in [4.69, 9.17) is 5.11 Å². The summed E-state index contributed by atoms with van der Waals surface area (Å²) in [6.45, 7) is 1.57. The lowest BCUT2D eigenvalue weighted by atomic mass is 10.2. The number of hydrogen-bond donors (Lipinski definition) is 1. The molecule has 1 fully saturated rings. The van der Waals surface area contributed by atoms with E-state index in [0.717, 1.165) is 16.4 Å². The van der Waals surface area contributed by atoms with Crippen LogP contribution >= 0.6 is 0 Å². The number of aryl methyl sites for hydroxylation is 1. The second-order valence-electron chi connectivity index (χ2n) is 4.82. The van der Waals surface area contributed by atoms with Crippen LogP contribution in [-0.4, -0.2) is 41.3 Å². The Labute approximate surface area is 121 Å². The van der Waals surface area contributed by atoms with Gasteiger partial charge in [0.05, 0.1) is 9.82 Å². The highest BCUT2D eigenvalue weighted by Gasteiger charge is 2.39. The monoisotopic (exact) mass is 314 g/mol. The highest BCUT2D eigenvalue weighted by Crippen LogP contribution is 2.28. The normalized spacial score (nSPS) is 19.6. The van der Waals surface area contributed by atoms with Crippen LogP contribution in [0.1, 0.15) is 18.4 Å². The number of nitro groups is 1. The SMILES string of the molecule is Cc1cc(S(=O)(=O)N2CCCC2C(=O)O)ccc1[N+](=O)[O-]. The molecule has 0 radical (unpaired) electrons. The van der Waals surface area contributed by atoms with Gasteiger partial charge in [-0.3, -0.25) is 14.9 Å². The molecular formula is C12H14N2O6S. The molecule has 0 aliphatic carbocycles. The molecule has 1 N–H and O–H groups in total. The van der Waals surface area contributed by atoms with Crippen molar-refractivity contribution in [1.82, 2.24) is 4.31 Å². The second-order valence-corrected chi connectivity index (χ2v) is 6.71. The summed E-state index contributed by atoms with van der Waals surface area (Å²) in [5.74, 6) is -1.19. The van der Waals surface area contributed by atoms with E-state index in [1.165, 1.54) is 13.0 Å². The summed E-state index contributed by atoms with van der Waals surface area (Å²) in [7, 11) is -3.97. The quantitative estimate of drug-likeness (QED) is 0.657. The Morgan fingerprint density at radius 2 is 2.14 bits per heavy atom. The van der Waals surface area contributed by atoms with Gasteiger partial charge in [0.15, 0.2) is 0 Å². The molecule has 21 heavy (non-hydrogen) atoms. The molecule has 2 rings (SSSR count). The highest BCUT2D eigenvalue weighted by atomic mass is 32.2. The van der Waals surface area contributed by atoms with Crippen molar-refractivity contribution in [2.24, 2.45) is 0 Å². The minimum absolute atomic E-state index is 0.126. The predicted molar refractivity (Wildman–Crippen MR) is 72.4 cm³/mol. The first-order valence-corrected chi connectivity index (χ1v) is 7.69. The fourth-order valence-corrected chi connectivity index (χ4v) is 4.14. The minimum atomic E-state index is -3.97. The summed E-state index contributed by atoms with van der Waals surface area (Å²) in [6, 6.07) is 2.38. The van der Waals surface area contributed by atoms with Crippen molar-refractivity contribution in [3.63, 3.8) is 0 Å². The molecule has 1 saturated heterocycles. The van der Waals surface area contributed by atoms with Gasteiger partial charge < -0.3 is 5.11 Å². The van der Waals surface area contributed by atoms with Crippen molar-refractivity contribution in [3.8, 4) is 0 Å². The lowest BCUT2D eigenvalue weighted by molar-refractivity contribution is -0.385. The molecule has 1 aromatic rings. The van der Waals surface area contributed by atoms with Gasteiger partial charge in [-0.2, -0.15) is 4.31 Å². The van der Waals surface area contributed by atoms with Gasteiger partial charge in [-0.25, -0.2) is 8.42 Å². The fourth-order valence-electron chi connectivity index (χ4n) is 2.40. The first-order valence-electron chi connectivity index (χ1n) is 6.25. The number of nitro benzene ring substituents is 1. The van der Waals surface area contributed by atoms with E-state index in [1.807, 2.05) is 0 Å². The zero-order valence-corrected chi connectivity index (χ0v) is 12.0. The maximum absolute atomic E-state index is 12.5. The van der Waals surface area contributed by atoms with E-state index in [9.17, 15) is 23.3 Å². The molecule has 1 aliphatic rings. The topological polar surface area (TPSA) is 118 Å². The highest BCUT2D eigenvalue weighted by molar-refractivity contribution is 7.89. The number of sulfonamides is 1. The van der Waals surface area contributed by atoms with Crippen LogP contribution in [0.3, 0.4) is 0 Å². The Balaban J connectivity index is 2.43. The molecule has 1 aromatic carbocycles. The number of carboxylic acids is 1. The number of carbonyl (C=O) groups is 1. The van der Waals surface area contributed by atoms with Crippen molar-refractivity contribution >= 4 is 21.7 Å². The molecule has 1 atom stereocenters. The number of nitrogens with zero attached hydrogens (tertiary/aromatic N) is 2. The molecule has 0 bridgehead atoms. The molecule has 0 spiro atoms. The van der Waals surface area contributed by atoms with E-state index in [1.54, 1.807) is 0 Å². The van der Waals surface area contributed by atoms with Gasteiger partial charge in [-0.1, -0.05) is 0 Å². The maximum Gasteiger partial charge on any atom is 0.322 e. The lowest BCUT2D eigenvalue weighted by Crippen LogP contribution is -2.40. The second kappa shape index (κ2) is 5.41. The van der Waals surface area contributed by atoms with Crippen LogP contribution in [0.15, 0.2) is 23.1 Å². The average Bonchev–Trinajstić information content (AvgIpc) is 2.88. The Bertz CT molecular complexity index is 700. The van der Waals surface area contributed by atoms with E-state index in [0.29, 0.717) is 6.42 Å². The predicted octanol–water partition coefficient (Wildman–Crippen LogP) is 1.14. The number of benzene rings is 1. The zero-order valence-electron chi connectivity index (χ0n) is 11.2. The molecule has 1 heterocycles. The van der Waals surface area contributed by atoms with Crippen LogP contribution in [-0.2, 0) is 14.8 Å². The van der Waals surface area contributed by atoms with Crippen LogP contribution in [0.5, 0.6) is 0 Å². The number of rotatable bonds is 4. The van der Waals surface area contributed by atoms with Crippen molar-refractivity contribution in [2.45, 2.75) is 30.7 Å². The van der Waals surface area contributed by atoms with Crippen LogP contribution in [0, 0.1) is 17.0 Å². The summed E-state index contributed by atoms with van der Waals surface area (Å²) in [4.78, 5) is 21.1. The Hall–Kier alpha value is -2.00. The third-order valence-corrected chi connectivity index (χ3v) is 5.36. The van der Waals surface area contributed by atoms with Crippen LogP contribution < -0.4 is 0 Å². The smallest absolute Gasteiger partial charge is 0.322 e. The van der Waals surface area contributed by atoms with Gasteiger partial charge in [0.25, 0.3) is 5.69 Å². The number of aliphatic carboxylic acids is 1. The van der Waals surface area contributed by atoms with E-state index >= 15 is 0 Å². The van der Waals surface area contributed by atoms with Crippen molar-refractivity contribution in [2.75, 3.05) is 6.54 Å². The average molecular weight is 314 g/mol. The maximum atomic E-state index is 12.5. The molecule has 1 unspecified atom stereocenters. The standard InChI is InChI=1S/C12H14N2O6S/c1-8-7-9(4-5-10(8)14(17)18)21(19,20)13-6-2-3-11(13)12(15)16/h4-5,7,11H,2-3,6H2,1H3,(H,15,16). The van der Waals surface area contributed by atoms with Gasteiger partial charge in [-0.15, -0.1) is 0 Å². The first kappa shape index (κ1) is 15.4. The van der Waals surface area contributed by atoms with Crippen LogP contribution in [0.2, 0.25) is 0 Å². The Kier molecular flexibility index (Phi) is 3.97. The summed E-state index contributed by atoms with van der Waals surface area (Å²) in [5, 5.41) is 19.8. The number of hydrogen-bond acceptors (Lipinski definition) is 5. The molecule has 9 heteroatoms. The van der Waals surface area contributed by atoms with Crippen molar-refractivity contribution in [3.05, 3.63) is 33.9 Å². The van der Waals surface area contributed by atoms with Crippen LogP contribution in [0.25, 0.3) is 0 Å². The van der Waals surface area contributed by atoms with Gasteiger partial charge >= 0.3 is 5.97 Å². The fraction of sp³-hybridized carbons (Fsp3) is 0.417. The van der Waals surface area contributed by atoms with Gasteiger partial charge in [-0.05, 0) is 31.9 Å². The summed E-state index contributed by atoms with van der Waals surface area (Å²) in [6.07, 6.45) is 0.739. The van der Waals surface area contributed by atoms with E-state index in [-0.39, 0.29) is 29.1 Å². The summed E-state index contributed by atoms with van der Waals surface area (Å²) < 4.78 is 25.9. The summed E-state index contributed by atoms with van der Waals surface area (Å²) in [5.41, 5.74) is 0.0392. The lowest BCUT2D eigenvalue weighted by Gasteiger charge is -2.21. The molecule has 1 aliphatic heterocycles. The van der Waals surface area contributed by atoms with Crippen LogP contribution in [0.4, 0.5) is 5.69 Å². The number of carboxylic acid groups (broad SMARTS) is 1. The molecule has 0 amide bonds. The molecule has 0 aromatic heterocycles. The largest absolute Gasteiger partial charge is 0.480 e. The van der Waals surface area contributed by atoms with E-state index in [2.05, 4.69) is 0 Å². The molecule has 8 nitrogen and oxygen atoms in total. The van der Waals surface area contributed by atoms with Crippen molar-refractivity contribution < 1.29 is 23.2 Å². The van der Waals surface area contributed by atoms with Gasteiger partial charge in [0, 0.05) is 18.2 Å². The first-order chi connectivity index (χ1) is 9.75. The third-order valence-electron chi connectivity index (χ3n) is 3.46. The van der Waals surface area contributed by atoms with Gasteiger partial charge in [0.1, 0.15) is 6.04 Å².